The number of nitrogens with zero attached hydrogens (tertiary/aromatic N) is 2. The van der Waals surface area contributed by atoms with Gasteiger partial charge in [0, 0.05) is 29.1 Å². The fraction of sp³-hybridized carbons (Fsp3) is 0.471. The summed E-state index contributed by atoms with van der Waals surface area (Å²) in [6.45, 7) is 3.73. The Bertz CT molecular complexity index is 1770. The monoisotopic (exact) mass is 663 g/mol. The molecule has 2 bridgehead atoms. The molecule has 9 nitrogen and oxygen atoms in total. The molecule has 4 unspecified atom stereocenters. The molecule has 3 amide bonds. The number of aromatic amines is 1. The summed E-state index contributed by atoms with van der Waals surface area (Å²) >= 11 is 2.82. The fourth-order valence-corrected chi connectivity index (χ4v) is 11.6. The first-order valence-corrected chi connectivity index (χ1v) is 17.7. The lowest BCUT2D eigenvalue weighted by Gasteiger charge is -2.43. The van der Waals surface area contributed by atoms with E-state index in [-0.39, 0.29) is 58.1 Å². The van der Waals surface area contributed by atoms with Gasteiger partial charge in [-0.05, 0) is 92.3 Å². The number of rotatable bonds is 7. The van der Waals surface area contributed by atoms with Crippen LogP contribution in [-0.4, -0.2) is 59.2 Å². The first-order valence-electron chi connectivity index (χ1n) is 16.0. The molecule has 2 aliphatic carbocycles. The molecule has 240 valence electrons. The number of imide groups is 1. The van der Waals surface area contributed by atoms with Gasteiger partial charge in [0.25, 0.3) is 5.91 Å². The molecule has 1 aromatic heterocycles. The predicted molar refractivity (Wildman–Crippen MR) is 171 cm³/mol. The molecule has 0 radical (unpaired) electrons. The van der Waals surface area contributed by atoms with Crippen molar-refractivity contribution in [2.45, 2.75) is 48.8 Å². The number of likely N-dealkylation sites (tertiary alicyclic amines) is 1. The maximum Gasteiger partial charge on any atom is 0.305 e. The first kappa shape index (κ1) is 29.7. The number of H-pyrrole nitrogens is 1. The highest BCUT2D eigenvalue weighted by molar-refractivity contribution is 8.00. The van der Waals surface area contributed by atoms with Gasteiger partial charge in [-0.15, -0.1) is 11.8 Å². The number of hydrogen-bond acceptors (Lipinski definition) is 8. The zero-order valence-corrected chi connectivity index (χ0v) is 26.9. The maximum absolute atomic E-state index is 13.9. The van der Waals surface area contributed by atoms with Gasteiger partial charge >= 0.3 is 4.87 Å². The Morgan fingerprint density at radius 2 is 1.70 bits per heavy atom. The number of halogens is 1. The second-order valence-corrected chi connectivity index (χ2v) is 15.0. The van der Waals surface area contributed by atoms with E-state index in [0.29, 0.717) is 23.8 Å². The summed E-state index contributed by atoms with van der Waals surface area (Å²) in [6.07, 6.45) is 3.92. The Balaban J connectivity index is 1.12. The molecule has 3 aliphatic heterocycles. The number of piperidine rings is 1. The molecule has 0 spiro atoms. The number of hydrogen-bond donors (Lipinski definition) is 1. The third-order valence-electron chi connectivity index (χ3n) is 10.5. The zero-order chi connectivity index (χ0) is 31.7. The minimum Gasteiger partial charge on any atom is -0.490 e. The van der Waals surface area contributed by atoms with E-state index in [0.717, 1.165) is 54.2 Å². The van der Waals surface area contributed by atoms with Gasteiger partial charge < -0.3 is 19.4 Å². The van der Waals surface area contributed by atoms with E-state index in [4.69, 9.17) is 9.47 Å². The molecule has 3 aromatic rings. The predicted octanol–water partition coefficient (Wildman–Crippen LogP) is 5.04. The Morgan fingerprint density at radius 3 is 2.43 bits per heavy atom. The lowest BCUT2D eigenvalue weighted by Crippen LogP contribution is -2.42. The molecule has 46 heavy (non-hydrogen) atoms. The summed E-state index contributed by atoms with van der Waals surface area (Å²) in [6, 6.07) is 11.3. The summed E-state index contributed by atoms with van der Waals surface area (Å²) in [5, 5.41) is 0.857. The van der Waals surface area contributed by atoms with Gasteiger partial charge in [0.15, 0.2) is 18.1 Å². The minimum atomic E-state index is -0.459. The Hall–Kier alpha value is -3.64. The SMILES string of the molecule is CCOc1cc([C@H]2c3sc(=O)[nH]c3SC3C2[C@H]2C[C@@H]3C3C(=O)N(c4ccc(F)cc4)C(=O)C32)ccc1OCC(=O)N1CCCCC1. The molecule has 7 atom stereocenters. The lowest BCUT2D eigenvalue weighted by atomic mass is 9.68. The van der Waals surface area contributed by atoms with Crippen molar-refractivity contribution < 1.29 is 28.2 Å². The lowest BCUT2D eigenvalue weighted by molar-refractivity contribution is -0.134. The van der Waals surface area contributed by atoms with Crippen LogP contribution in [0.4, 0.5) is 10.1 Å². The third kappa shape index (κ3) is 4.70. The number of fused-ring (bicyclic) bond motifs is 9. The van der Waals surface area contributed by atoms with E-state index in [2.05, 4.69) is 4.98 Å². The van der Waals surface area contributed by atoms with Crippen LogP contribution in [-0.2, 0) is 14.4 Å². The molecule has 2 saturated carbocycles. The normalized spacial score (nSPS) is 29.5. The molecular formula is C34H34FN3O6S2. The van der Waals surface area contributed by atoms with Crippen LogP contribution in [0.2, 0.25) is 0 Å². The van der Waals surface area contributed by atoms with Gasteiger partial charge in [-0.3, -0.25) is 24.1 Å². The fourth-order valence-electron chi connectivity index (χ4n) is 8.71. The topological polar surface area (TPSA) is 109 Å². The summed E-state index contributed by atoms with van der Waals surface area (Å²) in [5.41, 5.74) is 1.35. The van der Waals surface area contributed by atoms with Gasteiger partial charge in [0.1, 0.15) is 5.82 Å². The van der Waals surface area contributed by atoms with E-state index in [1.807, 2.05) is 30.0 Å². The summed E-state index contributed by atoms with van der Waals surface area (Å²) < 4.78 is 25.7. The number of thiazole rings is 1. The molecule has 4 heterocycles. The van der Waals surface area contributed by atoms with Crippen LogP contribution in [0.15, 0.2) is 52.3 Å². The van der Waals surface area contributed by atoms with Gasteiger partial charge in [-0.1, -0.05) is 17.4 Å². The Labute approximate surface area is 273 Å². The number of benzene rings is 2. The second kappa shape index (κ2) is 11.6. The largest absolute Gasteiger partial charge is 0.490 e. The number of aromatic nitrogens is 1. The number of amides is 3. The van der Waals surface area contributed by atoms with Gasteiger partial charge in [0.2, 0.25) is 11.8 Å². The third-order valence-corrected chi connectivity index (χ3v) is 13.1. The number of thioether (sulfide) groups is 1. The summed E-state index contributed by atoms with van der Waals surface area (Å²) in [5.74, 6) is -1.04. The second-order valence-electron chi connectivity index (χ2n) is 12.8. The van der Waals surface area contributed by atoms with Crippen molar-refractivity contribution in [1.29, 1.82) is 0 Å². The molecule has 2 saturated heterocycles. The highest BCUT2D eigenvalue weighted by Gasteiger charge is 2.69. The number of carbonyl (C=O) groups is 3. The summed E-state index contributed by atoms with van der Waals surface area (Å²) in [7, 11) is 0. The van der Waals surface area contributed by atoms with Crippen LogP contribution in [0.1, 0.15) is 49.0 Å². The quantitative estimate of drug-likeness (QED) is 0.353. The number of ether oxygens (including phenoxy) is 2. The van der Waals surface area contributed by atoms with Crippen LogP contribution in [0.3, 0.4) is 0 Å². The average Bonchev–Trinajstić information content (AvgIpc) is 3.80. The van der Waals surface area contributed by atoms with Crippen molar-refractivity contribution in [2.24, 2.45) is 29.6 Å². The van der Waals surface area contributed by atoms with Crippen molar-refractivity contribution in [3.8, 4) is 11.5 Å². The van der Waals surface area contributed by atoms with E-state index < -0.39 is 17.7 Å². The van der Waals surface area contributed by atoms with E-state index in [1.54, 1.807) is 11.8 Å². The van der Waals surface area contributed by atoms with Crippen LogP contribution in [0.25, 0.3) is 0 Å². The highest BCUT2D eigenvalue weighted by atomic mass is 32.2. The highest BCUT2D eigenvalue weighted by Crippen LogP contribution is 2.68. The smallest absolute Gasteiger partial charge is 0.305 e. The number of anilines is 1. The number of carbonyl (C=O) groups excluding carboxylic acids is 3. The summed E-state index contributed by atoms with van der Waals surface area (Å²) in [4.78, 5) is 60.2. The van der Waals surface area contributed by atoms with Crippen molar-refractivity contribution in [3.63, 3.8) is 0 Å². The van der Waals surface area contributed by atoms with Crippen molar-refractivity contribution in [1.82, 2.24) is 9.88 Å². The molecular weight excluding hydrogens is 630 g/mol. The molecule has 2 aromatic carbocycles. The molecule has 1 N–H and O–H groups in total. The minimum absolute atomic E-state index is 0.0158. The molecule has 12 heteroatoms. The average molecular weight is 664 g/mol. The Kier molecular flexibility index (Phi) is 7.47. The standard InChI is InChI=1S/C34H34FN3O6S2/c1-2-43-23-14-17(6-11-22(23)44-16-24(39)37-12-4-3-5-13-37)25-26-20-15-21(29(26)45-31-30(25)46-34(42)36-31)28-27(20)32(40)38(33(28)41)19-9-7-18(35)8-10-19/h6-11,14,20-21,25-29H,2-5,12-13,15-16H2,1H3,(H,36,42)/t20-,21-,25-,26?,27?,28?,29?/m1/s1. The van der Waals surface area contributed by atoms with Gasteiger partial charge in [-0.2, -0.15) is 0 Å². The van der Waals surface area contributed by atoms with E-state index in [1.165, 1.54) is 40.5 Å². The van der Waals surface area contributed by atoms with Crippen molar-refractivity contribution >= 4 is 46.5 Å². The molecule has 5 aliphatic rings. The maximum atomic E-state index is 13.9. The van der Waals surface area contributed by atoms with Crippen molar-refractivity contribution in [3.05, 3.63) is 68.4 Å². The van der Waals surface area contributed by atoms with Gasteiger partial charge in [-0.25, -0.2) is 4.39 Å². The number of nitrogens with one attached hydrogen (secondary N) is 1. The first-order chi connectivity index (χ1) is 22.3. The van der Waals surface area contributed by atoms with Crippen LogP contribution in [0, 0.1) is 35.4 Å². The van der Waals surface area contributed by atoms with Crippen LogP contribution >= 0.6 is 23.1 Å². The van der Waals surface area contributed by atoms with Gasteiger partial charge in [0.05, 0.1) is 29.2 Å². The van der Waals surface area contributed by atoms with E-state index >= 15 is 0 Å². The van der Waals surface area contributed by atoms with E-state index in [9.17, 15) is 23.6 Å². The Morgan fingerprint density at radius 1 is 0.957 bits per heavy atom. The van der Waals surface area contributed by atoms with Crippen LogP contribution < -0.4 is 19.2 Å². The van der Waals surface area contributed by atoms with Crippen LogP contribution in [0.5, 0.6) is 11.5 Å². The zero-order valence-electron chi connectivity index (χ0n) is 25.3. The molecule has 8 rings (SSSR count). The molecule has 4 fully saturated rings. The van der Waals surface area contributed by atoms with Crippen molar-refractivity contribution in [2.75, 3.05) is 31.2 Å².